The van der Waals surface area contributed by atoms with E-state index >= 15 is 0 Å². The molecule has 1 N–H and O–H groups in total. The second-order valence-electron chi connectivity index (χ2n) is 6.18. The van der Waals surface area contributed by atoms with Gasteiger partial charge in [0.15, 0.2) is 11.5 Å². The van der Waals surface area contributed by atoms with E-state index in [9.17, 15) is 9.59 Å². The second-order valence-corrected chi connectivity index (χ2v) is 6.18. The molecule has 0 saturated carbocycles. The molecule has 0 aromatic heterocycles. The average molecular weight is 350 g/mol. The van der Waals surface area contributed by atoms with Crippen LogP contribution in [0.3, 0.4) is 0 Å². The third-order valence-corrected chi connectivity index (χ3v) is 4.34. The molecule has 0 bridgehead atoms. The maximum absolute atomic E-state index is 12.4. The van der Waals surface area contributed by atoms with Gasteiger partial charge in [0.05, 0.1) is 27.9 Å². The molecule has 1 aromatic carbocycles. The smallest absolute Gasteiger partial charge is 0.251 e. The van der Waals surface area contributed by atoms with E-state index in [0.717, 1.165) is 25.9 Å². The Balaban J connectivity index is 2.04. The standard InChI is InChI=1S/C18H26N2O5/c1-12-6-5-7-20(11-12)16(21)10-19-18(22)13-8-14(23-2)17(25-4)15(9-13)24-3/h8-9,12H,5-7,10-11H2,1-4H3,(H,19,22). The Kier molecular flexibility index (Phi) is 6.50. The van der Waals surface area contributed by atoms with Gasteiger partial charge in [-0.25, -0.2) is 0 Å². The Bertz CT molecular complexity index is 607. The average Bonchev–Trinajstić information content (AvgIpc) is 2.64. The monoisotopic (exact) mass is 350 g/mol. The summed E-state index contributed by atoms with van der Waals surface area (Å²) >= 11 is 0. The third kappa shape index (κ3) is 4.55. The summed E-state index contributed by atoms with van der Waals surface area (Å²) in [5.41, 5.74) is 0.342. The van der Waals surface area contributed by atoms with Crippen molar-refractivity contribution in [2.75, 3.05) is 41.0 Å². The molecular formula is C18H26N2O5. The third-order valence-electron chi connectivity index (χ3n) is 4.34. The Morgan fingerprint density at radius 1 is 1.16 bits per heavy atom. The Morgan fingerprint density at radius 3 is 2.32 bits per heavy atom. The minimum Gasteiger partial charge on any atom is -0.493 e. The Labute approximate surface area is 148 Å². The van der Waals surface area contributed by atoms with Crippen LogP contribution in [0.5, 0.6) is 17.2 Å². The number of likely N-dealkylation sites (tertiary alicyclic amines) is 1. The first-order valence-corrected chi connectivity index (χ1v) is 8.36. The summed E-state index contributed by atoms with van der Waals surface area (Å²) in [6.07, 6.45) is 2.15. The van der Waals surface area contributed by atoms with Crippen molar-refractivity contribution in [3.8, 4) is 17.2 Å². The highest BCUT2D eigenvalue weighted by atomic mass is 16.5. The number of benzene rings is 1. The fraction of sp³-hybridized carbons (Fsp3) is 0.556. The Hall–Kier alpha value is -2.44. The van der Waals surface area contributed by atoms with E-state index in [1.807, 2.05) is 4.90 Å². The van der Waals surface area contributed by atoms with E-state index in [4.69, 9.17) is 14.2 Å². The van der Waals surface area contributed by atoms with Gasteiger partial charge >= 0.3 is 0 Å². The van der Waals surface area contributed by atoms with Gasteiger partial charge in [0.2, 0.25) is 11.7 Å². The van der Waals surface area contributed by atoms with Crippen molar-refractivity contribution < 1.29 is 23.8 Å². The first-order chi connectivity index (χ1) is 12.0. The largest absolute Gasteiger partial charge is 0.493 e. The van der Waals surface area contributed by atoms with Crippen LogP contribution in [-0.2, 0) is 4.79 Å². The molecule has 1 unspecified atom stereocenters. The molecule has 1 aliphatic heterocycles. The minimum atomic E-state index is -0.363. The summed E-state index contributed by atoms with van der Waals surface area (Å²) in [5.74, 6) is 1.28. The number of hydrogen-bond donors (Lipinski definition) is 1. The first-order valence-electron chi connectivity index (χ1n) is 8.36. The van der Waals surface area contributed by atoms with Crippen LogP contribution in [0.1, 0.15) is 30.1 Å². The predicted octanol–water partition coefficient (Wildman–Crippen LogP) is 1.70. The number of hydrogen-bond acceptors (Lipinski definition) is 5. The van der Waals surface area contributed by atoms with Gasteiger partial charge < -0.3 is 24.4 Å². The van der Waals surface area contributed by atoms with Gasteiger partial charge in [-0.2, -0.15) is 0 Å². The number of methoxy groups -OCH3 is 3. The van der Waals surface area contributed by atoms with Crippen LogP contribution in [0.4, 0.5) is 0 Å². The summed E-state index contributed by atoms with van der Waals surface area (Å²) in [7, 11) is 4.47. The number of ether oxygens (including phenoxy) is 3. The molecule has 0 spiro atoms. The number of carbonyl (C=O) groups excluding carboxylic acids is 2. The van der Waals surface area contributed by atoms with Gasteiger partial charge in [-0.15, -0.1) is 0 Å². The van der Waals surface area contributed by atoms with E-state index in [2.05, 4.69) is 12.2 Å². The zero-order chi connectivity index (χ0) is 18.4. The fourth-order valence-corrected chi connectivity index (χ4v) is 3.00. The lowest BCUT2D eigenvalue weighted by atomic mass is 10.0. The van der Waals surface area contributed by atoms with Gasteiger partial charge in [-0.1, -0.05) is 6.92 Å². The van der Waals surface area contributed by atoms with Crippen LogP contribution < -0.4 is 19.5 Å². The zero-order valence-corrected chi connectivity index (χ0v) is 15.3. The fourth-order valence-electron chi connectivity index (χ4n) is 3.00. The summed E-state index contributed by atoms with van der Waals surface area (Å²) in [6.45, 7) is 3.61. The molecule has 25 heavy (non-hydrogen) atoms. The van der Waals surface area contributed by atoms with Gasteiger partial charge in [-0.05, 0) is 30.9 Å². The number of nitrogens with zero attached hydrogens (tertiary/aromatic N) is 1. The molecule has 2 amide bonds. The summed E-state index contributed by atoms with van der Waals surface area (Å²) < 4.78 is 15.7. The van der Waals surface area contributed by atoms with E-state index in [1.54, 1.807) is 12.1 Å². The molecule has 7 nitrogen and oxygen atoms in total. The Morgan fingerprint density at radius 2 is 1.80 bits per heavy atom. The molecular weight excluding hydrogens is 324 g/mol. The molecule has 1 atom stereocenters. The predicted molar refractivity (Wildman–Crippen MR) is 93.4 cm³/mol. The lowest BCUT2D eigenvalue weighted by Crippen LogP contribution is -2.44. The lowest BCUT2D eigenvalue weighted by Gasteiger charge is -2.31. The maximum atomic E-state index is 12.4. The quantitative estimate of drug-likeness (QED) is 0.845. The summed E-state index contributed by atoms with van der Waals surface area (Å²) in [5, 5.41) is 2.67. The molecule has 2 rings (SSSR count). The van der Waals surface area contributed by atoms with E-state index < -0.39 is 0 Å². The SMILES string of the molecule is COc1cc(C(=O)NCC(=O)N2CCCC(C)C2)cc(OC)c1OC. The zero-order valence-electron chi connectivity index (χ0n) is 15.3. The molecule has 1 saturated heterocycles. The highest BCUT2D eigenvalue weighted by Gasteiger charge is 2.22. The number of rotatable bonds is 6. The minimum absolute atomic E-state index is 0.0256. The van der Waals surface area contributed by atoms with Crippen LogP contribution in [-0.4, -0.2) is 57.7 Å². The molecule has 1 heterocycles. The lowest BCUT2D eigenvalue weighted by molar-refractivity contribution is -0.131. The molecule has 138 valence electrons. The van der Waals surface area contributed by atoms with Crippen LogP contribution in [0.25, 0.3) is 0 Å². The number of nitrogens with one attached hydrogen (secondary N) is 1. The van der Waals surface area contributed by atoms with E-state index in [-0.39, 0.29) is 18.4 Å². The number of amides is 2. The normalized spacial score (nSPS) is 17.0. The topological polar surface area (TPSA) is 77.1 Å². The molecule has 7 heteroatoms. The summed E-state index contributed by atoms with van der Waals surface area (Å²) in [6, 6.07) is 3.12. The highest BCUT2D eigenvalue weighted by Crippen LogP contribution is 2.38. The van der Waals surface area contributed by atoms with Crippen LogP contribution in [0.15, 0.2) is 12.1 Å². The van der Waals surface area contributed by atoms with Crippen LogP contribution >= 0.6 is 0 Å². The van der Waals surface area contributed by atoms with Crippen molar-refractivity contribution in [3.63, 3.8) is 0 Å². The van der Waals surface area contributed by atoms with Crippen LogP contribution in [0.2, 0.25) is 0 Å². The van der Waals surface area contributed by atoms with Gasteiger partial charge in [0, 0.05) is 18.7 Å². The van der Waals surface area contributed by atoms with Gasteiger partial charge in [0.1, 0.15) is 0 Å². The van der Waals surface area contributed by atoms with Crippen LogP contribution in [0, 0.1) is 5.92 Å². The van der Waals surface area contributed by atoms with Crippen molar-refractivity contribution in [1.29, 1.82) is 0 Å². The molecule has 1 fully saturated rings. The van der Waals surface area contributed by atoms with Gasteiger partial charge in [0.25, 0.3) is 5.91 Å². The molecule has 1 aromatic rings. The highest BCUT2D eigenvalue weighted by molar-refractivity contribution is 5.97. The van der Waals surface area contributed by atoms with E-state index in [1.165, 1.54) is 21.3 Å². The van der Waals surface area contributed by atoms with Crippen molar-refractivity contribution in [1.82, 2.24) is 10.2 Å². The van der Waals surface area contributed by atoms with Crippen molar-refractivity contribution in [3.05, 3.63) is 17.7 Å². The van der Waals surface area contributed by atoms with Crippen molar-refractivity contribution in [2.45, 2.75) is 19.8 Å². The molecule has 0 aliphatic carbocycles. The molecule has 0 radical (unpaired) electrons. The van der Waals surface area contributed by atoms with Crippen molar-refractivity contribution >= 4 is 11.8 Å². The second kappa shape index (κ2) is 8.60. The number of piperidine rings is 1. The summed E-state index contributed by atoms with van der Waals surface area (Å²) in [4.78, 5) is 26.5. The van der Waals surface area contributed by atoms with Crippen molar-refractivity contribution in [2.24, 2.45) is 5.92 Å². The van der Waals surface area contributed by atoms with Gasteiger partial charge in [-0.3, -0.25) is 9.59 Å². The van der Waals surface area contributed by atoms with E-state index in [0.29, 0.717) is 28.7 Å². The first kappa shape index (κ1) is 18.9. The number of carbonyl (C=O) groups is 2. The maximum Gasteiger partial charge on any atom is 0.251 e. The molecule has 1 aliphatic rings.